The van der Waals surface area contributed by atoms with Gasteiger partial charge < -0.3 is 4.90 Å². The zero-order chi connectivity index (χ0) is 18.3. The molecule has 0 unspecified atom stereocenters. The lowest BCUT2D eigenvalue weighted by Crippen LogP contribution is -2.31. The molecule has 2 aromatic carbocycles. The van der Waals surface area contributed by atoms with E-state index in [4.69, 9.17) is 0 Å². The van der Waals surface area contributed by atoms with Gasteiger partial charge in [-0.05, 0) is 49.2 Å². The number of nitrogens with zero attached hydrogens (tertiary/aromatic N) is 3. The Kier molecular flexibility index (Phi) is 6.17. The van der Waals surface area contributed by atoms with Crippen molar-refractivity contribution in [2.24, 2.45) is 0 Å². The predicted molar refractivity (Wildman–Crippen MR) is 114 cm³/mol. The molecule has 1 aliphatic rings. The Morgan fingerprint density at radius 2 is 1.41 bits per heavy atom. The fraction of sp³-hybridized carbons (Fsp3) is 0.304. The predicted octanol–water partition coefficient (Wildman–Crippen LogP) is 5.39. The fourth-order valence-electron chi connectivity index (χ4n) is 3.48. The third kappa shape index (κ3) is 4.96. The van der Waals surface area contributed by atoms with Gasteiger partial charge in [0.05, 0.1) is 5.69 Å². The summed E-state index contributed by atoms with van der Waals surface area (Å²) in [6.07, 6.45) is 4.09. The van der Waals surface area contributed by atoms with Gasteiger partial charge in [-0.1, -0.05) is 61.0 Å². The minimum Gasteiger partial charge on any atom is -0.303 e. The molecule has 0 aliphatic carbocycles. The molecule has 1 saturated heterocycles. The first kappa shape index (κ1) is 18.2. The quantitative estimate of drug-likeness (QED) is 0.540. The van der Waals surface area contributed by atoms with Crippen molar-refractivity contribution in [1.29, 1.82) is 0 Å². The lowest BCUT2D eigenvalue weighted by molar-refractivity contribution is 0.242. The molecule has 3 nitrogen and oxygen atoms in total. The Morgan fingerprint density at radius 1 is 0.704 bits per heavy atom. The summed E-state index contributed by atoms with van der Waals surface area (Å²) in [5, 5.41) is 9.86. The van der Waals surface area contributed by atoms with Crippen molar-refractivity contribution in [3.05, 3.63) is 66.7 Å². The monoisotopic (exact) mass is 375 g/mol. The van der Waals surface area contributed by atoms with Crippen LogP contribution in [0.15, 0.2) is 71.8 Å². The van der Waals surface area contributed by atoms with Crippen molar-refractivity contribution < 1.29 is 0 Å². The summed E-state index contributed by atoms with van der Waals surface area (Å²) in [5.74, 6) is 1.08. The van der Waals surface area contributed by atoms with Crippen LogP contribution in [0, 0.1) is 0 Å². The molecule has 4 rings (SSSR count). The maximum absolute atomic E-state index is 4.43. The van der Waals surface area contributed by atoms with E-state index in [9.17, 15) is 0 Å². The molecule has 0 atom stereocenters. The molecule has 1 aliphatic heterocycles. The second kappa shape index (κ2) is 9.16. The number of aromatic nitrogens is 2. The van der Waals surface area contributed by atoms with Crippen LogP contribution in [-0.4, -0.2) is 40.5 Å². The number of likely N-dealkylation sites (tertiary alicyclic amines) is 1. The standard InChI is InChI=1S/C23H25N3S/c1-3-7-19(8-4-1)20-9-11-21(12-10-20)22-13-14-23(25-24-22)27-18-17-26-15-5-2-6-16-26/h1,3-4,7-14H,2,5-6,15-18H2. The Morgan fingerprint density at radius 3 is 2.11 bits per heavy atom. The third-order valence-corrected chi connectivity index (χ3v) is 5.93. The van der Waals surface area contributed by atoms with Crippen LogP contribution >= 0.6 is 11.8 Å². The van der Waals surface area contributed by atoms with Gasteiger partial charge in [-0.25, -0.2) is 0 Å². The van der Waals surface area contributed by atoms with E-state index in [1.165, 1.54) is 43.5 Å². The van der Waals surface area contributed by atoms with Crippen LogP contribution in [-0.2, 0) is 0 Å². The highest BCUT2D eigenvalue weighted by molar-refractivity contribution is 7.99. The van der Waals surface area contributed by atoms with Crippen molar-refractivity contribution >= 4 is 11.8 Å². The first-order chi connectivity index (χ1) is 13.4. The fourth-order valence-corrected chi connectivity index (χ4v) is 4.30. The van der Waals surface area contributed by atoms with Crippen LogP contribution in [0.2, 0.25) is 0 Å². The molecule has 1 fully saturated rings. The van der Waals surface area contributed by atoms with Crippen LogP contribution in [0.1, 0.15) is 19.3 Å². The van der Waals surface area contributed by atoms with E-state index in [-0.39, 0.29) is 0 Å². The zero-order valence-electron chi connectivity index (χ0n) is 15.6. The summed E-state index contributed by atoms with van der Waals surface area (Å²) < 4.78 is 0. The van der Waals surface area contributed by atoms with E-state index in [0.29, 0.717) is 0 Å². The highest BCUT2D eigenvalue weighted by Crippen LogP contribution is 2.24. The van der Waals surface area contributed by atoms with Gasteiger partial charge in [0.15, 0.2) is 0 Å². The topological polar surface area (TPSA) is 29.0 Å². The van der Waals surface area contributed by atoms with Crippen LogP contribution in [0.3, 0.4) is 0 Å². The molecule has 3 aromatic rings. The highest BCUT2D eigenvalue weighted by Gasteiger charge is 2.10. The van der Waals surface area contributed by atoms with Crippen molar-refractivity contribution in [1.82, 2.24) is 15.1 Å². The smallest absolute Gasteiger partial charge is 0.119 e. The zero-order valence-corrected chi connectivity index (χ0v) is 16.4. The van der Waals surface area contributed by atoms with Crippen LogP contribution < -0.4 is 0 Å². The van der Waals surface area contributed by atoms with Crippen LogP contribution in [0.5, 0.6) is 0 Å². The van der Waals surface area contributed by atoms with E-state index < -0.39 is 0 Å². The second-order valence-electron chi connectivity index (χ2n) is 6.95. The molecule has 0 amide bonds. The first-order valence-electron chi connectivity index (χ1n) is 9.73. The summed E-state index contributed by atoms with van der Waals surface area (Å²) in [7, 11) is 0. The van der Waals surface area contributed by atoms with Crippen LogP contribution in [0.25, 0.3) is 22.4 Å². The average molecular weight is 376 g/mol. The van der Waals surface area contributed by atoms with E-state index in [0.717, 1.165) is 28.6 Å². The van der Waals surface area contributed by atoms with Gasteiger partial charge >= 0.3 is 0 Å². The highest BCUT2D eigenvalue weighted by atomic mass is 32.2. The van der Waals surface area contributed by atoms with Gasteiger partial charge in [-0.2, -0.15) is 0 Å². The van der Waals surface area contributed by atoms with Gasteiger partial charge in [0.1, 0.15) is 5.03 Å². The molecule has 4 heteroatoms. The number of benzene rings is 2. The molecule has 138 valence electrons. The molecule has 0 spiro atoms. The number of rotatable bonds is 6. The number of piperidine rings is 1. The van der Waals surface area contributed by atoms with Gasteiger partial charge in [0.25, 0.3) is 0 Å². The molecular formula is C23H25N3S. The van der Waals surface area contributed by atoms with Gasteiger partial charge in [0.2, 0.25) is 0 Å². The van der Waals surface area contributed by atoms with Crippen molar-refractivity contribution in [3.63, 3.8) is 0 Å². The molecule has 2 heterocycles. The Bertz CT molecular complexity index is 826. The summed E-state index contributed by atoms with van der Waals surface area (Å²) >= 11 is 1.80. The lowest BCUT2D eigenvalue weighted by Gasteiger charge is -2.25. The Hall–Kier alpha value is -2.17. The largest absolute Gasteiger partial charge is 0.303 e. The minimum atomic E-state index is 0.926. The number of hydrogen-bond donors (Lipinski definition) is 0. The maximum Gasteiger partial charge on any atom is 0.119 e. The second-order valence-corrected chi connectivity index (χ2v) is 8.07. The molecule has 0 bridgehead atoms. The minimum absolute atomic E-state index is 0.926. The molecule has 1 aromatic heterocycles. The molecule has 0 saturated carbocycles. The molecule has 27 heavy (non-hydrogen) atoms. The third-order valence-electron chi connectivity index (χ3n) is 5.03. The van der Waals surface area contributed by atoms with Crippen LogP contribution in [0.4, 0.5) is 0 Å². The Labute approximate surface area is 165 Å². The van der Waals surface area contributed by atoms with Crippen molar-refractivity contribution in [2.45, 2.75) is 24.3 Å². The molecule has 0 N–H and O–H groups in total. The van der Waals surface area contributed by atoms with E-state index in [2.05, 4.69) is 75.8 Å². The summed E-state index contributed by atoms with van der Waals surface area (Å²) in [5.41, 5.74) is 4.48. The van der Waals surface area contributed by atoms with Gasteiger partial charge in [0, 0.05) is 17.9 Å². The first-order valence-corrected chi connectivity index (χ1v) is 10.7. The molecule has 0 radical (unpaired) electrons. The van der Waals surface area contributed by atoms with Crippen molar-refractivity contribution in [3.8, 4) is 22.4 Å². The lowest BCUT2D eigenvalue weighted by atomic mass is 10.0. The van der Waals surface area contributed by atoms with Gasteiger partial charge in [-0.3, -0.25) is 0 Å². The Balaban J connectivity index is 1.34. The summed E-state index contributed by atoms with van der Waals surface area (Å²) in [4.78, 5) is 2.56. The average Bonchev–Trinajstić information content (AvgIpc) is 2.76. The summed E-state index contributed by atoms with van der Waals surface area (Å²) in [6.45, 7) is 3.66. The normalized spacial score (nSPS) is 15.0. The van der Waals surface area contributed by atoms with Crippen molar-refractivity contribution in [2.75, 3.05) is 25.4 Å². The SMILES string of the molecule is c1ccc(-c2ccc(-c3ccc(SCCN4CCCCC4)nn3)cc2)cc1. The number of thioether (sulfide) groups is 1. The molecular weight excluding hydrogens is 350 g/mol. The van der Waals surface area contributed by atoms with E-state index >= 15 is 0 Å². The maximum atomic E-state index is 4.43. The van der Waals surface area contributed by atoms with E-state index in [1.54, 1.807) is 11.8 Å². The number of hydrogen-bond acceptors (Lipinski definition) is 4. The van der Waals surface area contributed by atoms with E-state index in [1.807, 2.05) is 6.07 Å². The summed E-state index contributed by atoms with van der Waals surface area (Å²) in [6, 6.07) is 23.1. The van der Waals surface area contributed by atoms with Gasteiger partial charge in [-0.15, -0.1) is 22.0 Å².